The van der Waals surface area contributed by atoms with Crippen LogP contribution in [-0.2, 0) is 0 Å². The van der Waals surface area contributed by atoms with Crippen molar-refractivity contribution in [2.24, 2.45) is 0 Å². The first kappa shape index (κ1) is 8.19. The van der Waals surface area contributed by atoms with E-state index in [1.165, 1.54) is 0 Å². The van der Waals surface area contributed by atoms with Gasteiger partial charge in [-0.3, -0.25) is 4.79 Å². The summed E-state index contributed by atoms with van der Waals surface area (Å²) in [5, 5.41) is 2.89. The lowest BCUT2D eigenvalue weighted by molar-refractivity contribution is 0.110. The molecule has 2 rings (SSSR count). The van der Waals surface area contributed by atoms with E-state index in [1.807, 2.05) is 12.3 Å². The number of nitrogens with zero attached hydrogens (tertiary/aromatic N) is 1. The summed E-state index contributed by atoms with van der Waals surface area (Å²) in [6.45, 7) is 1.93. The van der Waals surface area contributed by atoms with E-state index < -0.39 is 0 Å². The lowest BCUT2D eigenvalue weighted by Crippen LogP contribution is -1.73. The summed E-state index contributed by atoms with van der Waals surface area (Å²) < 4.78 is 5.21. The van der Waals surface area contributed by atoms with Crippen LogP contribution in [0.5, 0.6) is 0 Å². The zero-order chi connectivity index (χ0) is 9.26. The summed E-state index contributed by atoms with van der Waals surface area (Å²) in [6, 6.07) is 3.38. The van der Waals surface area contributed by atoms with Gasteiger partial charge in [-0.1, -0.05) is 0 Å². The molecular formula is C9H7NO2S. The normalized spacial score (nSPS) is 10.2. The van der Waals surface area contributed by atoms with Crippen molar-refractivity contribution in [2.45, 2.75) is 6.92 Å². The average Bonchev–Trinajstić information content (AvgIpc) is 2.71. The number of aryl methyl sites for hydroxylation is 1. The highest BCUT2D eigenvalue weighted by molar-refractivity contribution is 7.09. The Hall–Kier alpha value is -1.42. The van der Waals surface area contributed by atoms with Crippen LogP contribution in [-0.4, -0.2) is 11.3 Å². The van der Waals surface area contributed by atoms with E-state index in [0.717, 1.165) is 10.7 Å². The Labute approximate surface area is 79.0 Å². The van der Waals surface area contributed by atoms with Crippen molar-refractivity contribution >= 4 is 17.6 Å². The molecular weight excluding hydrogens is 186 g/mol. The maximum absolute atomic E-state index is 10.3. The van der Waals surface area contributed by atoms with Gasteiger partial charge in [0.25, 0.3) is 0 Å². The number of aldehydes is 1. The van der Waals surface area contributed by atoms with Crippen LogP contribution in [0.15, 0.2) is 21.9 Å². The summed E-state index contributed by atoms with van der Waals surface area (Å²) in [7, 11) is 0. The molecule has 0 fully saturated rings. The molecule has 3 nitrogen and oxygen atoms in total. The second-order valence-corrected chi connectivity index (χ2v) is 3.63. The molecule has 4 heteroatoms. The number of hydrogen-bond donors (Lipinski definition) is 0. The molecule has 0 aliphatic carbocycles. The van der Waals surface area contributed by atoms with Gasteiger partial charge in [-0.25, -0.2) is 4.98 Å². The van der Waals surface area contributed by atoms with Gasteiger partial charge in [0.2, 0.25) is 0 Å². The van der Waals surface area contributed by atoms with E-state index in [1.54, 1.807) is 23.5 Å². The first-order chi connectivity index (χ1) is 6.29. The Balaban J connectivity index is 2.40. The van der Waals surface area contributed by atoms with Gasteiger partial charge in [0.15, 0.2) is 17.8 Å². The minimum Gasteiger partial charge on any atom is -0.452 e. The van der Waals surface area contributed by atoms with Crippen molar-refractivity contribution in [1.82, 2.24) is 4.98 Å². The molecule has 0 N–H and O–H groups in total. The van der Waals surface area contributed by atoms with E-state index >= 15 is 0 Å². The first-order valence-electron chi connectivity index (χ1n) is 3.77. The highest BCUT2D eigenvalue weighted by Crippen LogP contribution is 2.22. The quantitative estimate of drug-likeness (QED) is 0.688. The number of thiazole rings is 1. The second kappa shape index (κ2) is 3.14. The SMILES string of the molecule is Cc1nc(-c2ccc(C=O)o2)cs1. The van der Waals surface area contributed by atoms with E-state index in [-0.39, 0.29) is 0 Å². The minimum absolute atomic E-state index is 0.334. The van der Waals surface area contributed by atoms with E-state index in [9.17, 15) is 4.79 Å². The molecule has 0 spiro atoms. The Morgan fingerprint density at radius 3 is 2.92 bits per heavy atom. The Bertz CT molecular complexity index is 430. The van der Waals surface area contributed by atoms with Crippen molar-refractivity contribution in [1.29, 1.82) is 0 Å². The van der Waals surface area contributed by atoms with Gasteiger partial charge < -0.3 is 4.42 Å². The number of aromatic nitrogens is 1. The standard InChI is InChI=1S/C9H7NO2S/c1-6-10-8(5-13-6)9-3-2-7(4-11)12-9/h2-5H,1H3. The monoisotopic (exact) mass is 193 g/mol. The Morgan fingerprint density at radius 1 is 1.54 bits per heavy atom. The Kier molecular flexibility index (Phi) is 1.98. The number of rotatable bonds is 2. The van der Waals surface area contributed by atoms with Crippen LogP contribution < -0.4 is 0 Å². The fourth-order valence-corrected chi connectivity index (χ4v) is 1.63. The summed E-state index contributed by atoms with van der Waals surface area (Å²) in [6.07, 6.45) is 0.683. The molecule has 0 aromatic carbocycles. The maximum Gasteiger partial charge on any atom is 0.185 e. The molecule has 0 bridgehead atoms. The molecule has 0 aliphatic heterocycles. The molecule has 0 saturated heterocycles. The van der Waals surface area contributed by atoms with E-state index in [0.29, 0.717) is 17.8 Å². The average molecular weight is 193 g/mol. The Morgan fingerprint density at radius 2 is 2.38 bits per heavy atom. The van der Waals surface area contributed by atoms with E-state index in [2.05, 4.69) is 4.98 Å². The summed E-state index contributed by atoms with van der Waals surface area (Å²) in [5.41, 5.74) is 0.788. The molecule has 2 aromatic rings. The van der Waals surface area contributed by atoms with Crippen LogP contribution in [0.2, 0.25) is 0 Å². The van der Waals surface area contributed by atoms with E-state index in [4.69, 9.17) is 4.42 Å². The lowest BCUT2D eigenvalue weighted by atomic mass is 10.3. The molecule has 66 valence electrons. The van der Waals surface area contributed by atoms with Crippen LogP contribution in [0.3, 0.4) is 0 Å². The predicted octanol–water partition coefficient (Wildman–Crippen LogP) is 2.52. The highest BCUT2D eigenvalue weighted by atomic mass is 32.1. The smallest absolute Gasteiger partial charge is 0.185 e. The van der Waals surface area contributed by atoms with Gasteiger partial charge in [-0.15, -0.1) is 11.3 Å². The number of furan rings is 1. The van der Waals surface area contributed by atoms with Gasteiger partial charge >= 0.3 is 0 Å². The maximum atomic E-state index is 10.3. The van der Waals surface area contributed by atoms with Crippen LogP contribution >= 0.6 is 11.3 Å². The molecule has 0 unspecified atom stereocenters. The summed E-state index contributed by atoms with van der Waals surface area (Å²) in [5.74, 6) is 0.979. The fraction of sp³-hybridized carbons (Fsp3) is 0.111. The van der Waals surface area contributed by atoms with Gasteiger partial charge in [-0.05, 0) is 19.1 Å². The van der Waals surface area contributed by atoms with Gasteiger partial charge in [0.05, 0.1) is 5.01 Å². The van der Waals surface area contributed by atoms with Crippen molar-refractivity contribution in [3.8, 4) is 11.5 Å². The summed E-state index contributed by atoms with van der Waals surface area (Å²) >= 11 is 1.56. The highest BCUT2D eigenvalue weighted by Gasteiger charge is 2.06. The van der Waals surface area contributed by atoms with Crippen molar-refractivity contribution < 1.29 is 9.21 Å². The molecule has 2 heterocycles. The minimum atomic E-state index is 0.334. The van der Waals surface area contributed by atoms with Crippen LogP contribution in [0.25, 0.3) is 11.5 Å². The van der Waals surface area contributed by atoms with Crippen LogP contribution in [0, 0.1) is 6.92 Å². The molecule has 0 aliphatic rings. The predicted molar refractivity (Wildman–Crippen MR) is 49.9 cm³/mol. The lowest BCUT2D eigenvalue weighted by Gasteiger charge is -1.86. The number of carbonyl (C=O) groups is 1. The third-order valence-corrected chi connectivity index (χ3v) is 2.39. The van der Waals surface area contributed by atoms with Crippen molar-refractivity contribution in [3.63, 3.8) is 0 Å². The molecule has 0 atom stereocenters. The van der Waals surface area contributed by atoms with Crippen molar-refractivity contribution in [2.75, 3.05) is 0 Å². The van der Waals surface area contributed by atoms with Gasteiger partial charge in [0, 0.05) is 5.38 Å². The van der Waals surface area contributed by atoms with Gasteiger partial charge in [0.1, 0.15) is 5.69 Å². The number of carbonyl (C=O) groups excluding carboxylic acids is 1. The molecule has 0 amide bonds. The van der Waals surface area contributed by atoms with Crippen LogP contribution in [0.4, 0.5) is 0 Å². The van der Waals surface area contributed by atoms with Crippen LogP contribution in [0.1, 0.15) is 15.6 Å². The molecule has 0 saturated carbocycles. The van der Waals surface area contributed by atoms with Crippen molar-refractivity contribution in [3.05, 3.63) is 28.3 Å². The second-order valence-electron chi connectivity index (χ2n) is 2.57. The third kappa shape index (κ3) is 1.53. The largest absolute Gasteiger partial charge is 0.452 e. The molecule has 0 radical (unpaired) electrons. The third-order valence-electron chi connectivity index (χ3n) is 1.61. The molecule has 13 heavy (non-hydrogen) atoms. The summed E-state index contributed by atoms with van der Waals surface area (Å²) in [4.78, 5) is 14.6. The number of hydrogen-bond acceptors (Lipinski definition) is 4. The fourth-order valence-electron chi connectivity index (χ4n) is 1.03. The zero-order valence-corrected chi connectivity index (χ0v) is 7.80. The topological polar surface area (TPSA) is 43.1 Å². The van der Waals surface area contributed by atoms with Gasteiger partial charge in [-0.2, -0.15) is 0 Å². The molecule has 2 aromatic heterocycles. The first-order valence-corrected chi connectivity index (χ1v) is 4.65. The zero-order valence-electron chi connectivity index (χ0n) is 6.98.